The van der Waals surface area contributed by atoms with Crippen LogP contribution in [0.3, 0.4) is 0 Å². The monoisotopic (exact) mass is 291 g/mol. The van der Waals surface area contributed by atoms with Crippen LogP contribution in [0.4, 0.5) is 5.69 Å². The van der Waals surface area contributed by atoms with Gasteiger partial charge in [-0.15, -0.1) is 0 Å². The van der Waals surface area contributed by atoms with E-state index in [4.69, 9.17) is 4.74 Å². The molecule has 0 aromatic heterocycles. The number of benzene rings is 1. The number of carbonyl (C=O) groups is 2. The molecule has 0 aliphatic rings. The van der Waals surface area contributed by atoms with Crippen molar-refractivity contribution < 1.29 is 14.3 Å². The molecular formula is C17H25NO3. The Balaban J connectivity index is 2.53. The molecule has 0 radical (unpaired) electrons. The second-order valence-corrected chi connectivity index (χ2v) is 6.38. The zero-order valence-electron chi connectivity index (χ0n) is 13.5. The number of carbonyl (C=O) groups excluding carboxylic acids is 2. The molecule has 4 nitrogen and oxygen atoms in total. The summed E-state index contributed by atoms with van der Waals surface area (Å²) in [7, 11) is 0. The highest BCUT2D eigenvalue weighted by Gasteiger charge is 2.17. The summed E-state index contributed by atoms with van der Waals surface area (Å²) in [4.78, 5) is 23.5. The summed E-state index contributed by atoms with van der Waals surface area (Å²) < 4.78 is 5.18. The number of esters is 1. The van der Waals surface area contributed by atoms with Crippen molar-refractivity contribution in [2.24, 2.45) is 0 Å². The van der Waals surface area contributed by atoms with Gasteiger partial charge in [-0.2, -0.15) is 0 Å². The maximum absolute atomic E-state index is 11.9. The van der Waals surface area contributed by atoms with Gasteiger partial charge in [0.25, 0.3) is 0 Å². The number of amides is 1. The van der Waals surface area contributed by atoms with Crippen LogP contribution in [0.15, 0.2) is 24.3 Å². The highest BCUT2D eigenvalue weighted by Crippen LogP contribution is 2.23. The molecule has 1 aromatic carbocycles. The Morgan fingerprint density at radius 2 is 1.76 bits per heavy atom. The van der Waals surface area contributed by atoms with Crippen molar-refractivity contribution in [2.45, 2.75) is 59.0 Å². The van der Waals surface area contributed by atoms with Crippen molar-refractivity contribution >= 4 is 17.6 Å². The molecular weight excluding hydrogens is 266 g/mol. The number of hydrogen-bond donors (Lipinski definition) is 1. The molecule has 1 aromatic rings. The largest absolute Gasteiger partial charge is 0.460 e. The fraction of sp³-hybridized carbons (Fsp3) is 0.529. The number of rotatable bonds is 5. The van der Waals surface area contributed by atoms with Crippen molar-refractivity contribution in [1.29, 1.82) is 0 Å². The van der Waals surface area contributed by atoms with E-state index in [1.807, 2.05) is 45.0 Å². The van der Waals surface area contributed by atoms with Gasteiger partial charge in [0.1, 0.15) is 5.60 Å². The first-order valence-corrected chi connectivity index (χ1v) is 7.29. The number of nitrogens with one attached hydrogen (secondary N) is 1. The molecule has 0 saturated carbocycles. The van der Waals surface area contributed by atoms with Gasteiger partial charge in [0.05, 0.1) is 6.42 Å². The Kier molecular flexibility index (Phi) is 5.94. The minimum absolute atomic E-state index is 0.0902. The summed E-state index contributed by atoms with van der Waals surface area (Å²) in [6.07, 6.45) is 0.217. The lowest BCUT2D eigenvalue weighted by Gasteiger charge is -2.19. The third-order valence-corrected chi connectivity index (χ3v) is 2.83. The quantitative estimate of drug-likeness (QED) is 0.838. The summed E-state index contributed by atoms with van der Waals surface area (Å²) in [5, 5.41) is 2.86. The molecule has 0 heterocycles. The molecule has 0 fully saturated rings. The van der Waals surface area contributed by atoms with Gasteiger partial charge in [-0.3, -0.25) is 9.59 Å². The minimum Gasteiger partial charge on any atom is -0.460 e. The number of para-hydroxylation sites is 1. The van der Waals surface area contributed by atoms with Crippen LogP contribution in [0, 0.1) is 0 Å². The summed E-state index contributed by atoms with van der Waals surface area (Å²) in [6.45, 7) is 9.58. The standard InChI is InChI=1S/C17H25NO3/c1-12(2)13-8-6-7-9-14(13)18-15(19)10-11-16(20)21-17(3,4)5/h6-9,12H,10-11H2,1-5H3,(H,18,19). The smallest absolute Gasteiger partial charge is 0.306 e. The Bertz CT molecular complexity index is 501. The lowest BCUT2D eigenvalue weighted by molar-refractivity contribution is -0.155. The van der Waals surface area contributed by atoms with Crippen molar-refractivity contribution in [3.05, 3.63) is 29.8 Å². The minimum atomic E-state index is -0.516. The van der Waals surface area contributed by atoms with Crippen LogP contribution < -0.4 is 5.32 Å². The number of ether oxygens (including phenoxy) is 1. The van der Waals surface area contributed by atoms with Crippen LogP contribution >= 0.6 is 0 Å². The van der Waals surface area contributed by atoms with E-state index in [2.05, 4.69) is 19.2 Å². The van der Waals surface area contributed by atoms with E-state index < -0.39 is 5.60 Å². The Morgan fingerprint density at radius 3 is 2.33 bits per heavy atom. The van der Waals surface area contributed by atoms with E-state index in [1.165, 1.54) is 0 Å². The normalized spacial score (nSPS) is 11.3. The zero-order chi connectivity index (χ0) is 16.0. The molecule has 0 aliphatic heterocycles. The van der Waals surface area contributed by atoms with Gasteiger partial charge in [-0.1, -0.05) is 32.0 Å². The Morgan fingerprint density at radius 1 is 1.14 bits per heavy atom. The van der Waals surface area contributed by atoms with Gasteiger partial charge in [0, 0.05) is 12.1 Å². The van der Waals surface area contributed by atoms with Gasteiger partial charge < -0.3 is 10.1 Å². The summed E-state index contributed by atoms with van der Waals surface area (Å²) in [5.74, 6) is -0.198. The van der Waals surface area contributed by atoms with E-state index in [0.29, 0.717) is 5.92 Å². The predicted octanol–water partition coefficient (Wildman–Crippen LogP) is 3.87. The molecule has 0 saturated heterocycles. The summed E-state index contributed by atoms with van der Waals surface area (Å²) in [5.41, 5.74) is 1.38. The molecule has 0 spiro atoms. The van der Waals surface area contributed by atoms with Gasteiger partial charge in [0.15, 0.2) is 0 Å². The van der Waals surface area contributed by atoms with E-state index in [1.54, 1.807) is 0 Å². The lowest BCUT2D eigenvalue weighted by Crippen LogP contribution is -2.24. The molecule has 1 N–H and O–H groups in total. The molecule has 0 atom stereocenters. The highest BCUT2D eigenvalue weighted by molar-refractivity contribution is 5.93. The van der Waals surface area contributed by atoms with Crippen molar-refractivity contribution in [1.82, 2.24) is 0 Å². The fourth-order valence-corrected chi connectivity index (χ4v) is 1.94. The van der Waals surface area contributed by atoms with Crippen molar-refractivity contribution in [3.63, 3.8) is 0 Å². The first-order valence-electron chi connectivity index (χ1n) is 7.29. The fourth-order valence-electron chi connectivity index (χ4n) is 1.94. The highest BCUT2D eigenvalue weighted by atomic mass is 16.6. The van der Waals surface area contributed by atoms with E-state index in [0.717, 1.165) is 11.3 Å². The maximum Gasteiger partial charge on any atom is 0.306 e. The van der Waals surface area contributed by atoms with E-state index in [-0.39, 0.29) is 24.7 Å². The topological polar surface area (TPSA) is 55.4 Å². The summed E-state index contributed by atoms with van der Waals surface area (Å²) >= 11 is 0. The van der Waals surface area contributed by atoms with Gasteiger partial charge in [-0.25, -0.2) is 0 Å². The molecule has 1 rings (SSSR count). The van der Waals surface area contributed by atoms with Gasteiger partial charge in [-0.05, 0) is 38.3 Å². The molecule has 1 amide bonds. The average molecular weight is 291 g/mol. The zero-order valence-corrected chi connectivity index (χ0v) is 13.5. The number of hydrogen-bond acceptors (Lipinski definition) is 3. The molecule has 21 heavy (non-hydrogen) atoms. The predicted molar refractivity (Wildman–Crippen MR) is 84.2 cm³/mol. The molecule has 0 unspecified atom stereocenters. The first-order chi connectivity index (χ1) is 9.69. The van der Waals surface area contributed by atoms with Crippen LogP contribution in [0.25, 0.3) is 0 Å². The molecule has 4 heteroatoms. The van der Waals surface area contributed by atoms with Crippen LogP contribution in [0.5, 0.6) is 0 Å². The SMILES string of the molecule is CC(C)c1ccccc1NC(=O)CCC(=O)OC(C)(C)C. The average Bonchev–Trinajstić information content (AvgIpc) is 2.35. The van der Waals surface area contributed by atoms with Crippen LogP contribution in [0.2, 0.25) is 0 Å². The van der Waals surface area contributed by atoms with E-state index in [9.17, 15) is 9.59 Å². The molecule has 116 valence electrons. The van der Waals surface area contributed by atoms with Crippen LogP contribution in [-0.2, 0) is 14.3 Å². The lowest BCUT2D eigenvalue weighted by atomic mass is 10.0. The molecule has 0 aliphatic carbocycles. The van der Waals surface area contributed by atoms with Gasteiger partial charge >= 0.3 is 5.97 Å². The Hall–Kier alpha value is -1.84. The third-order valence-electron chi connectivity index (χ3n) is 2.83. The second kappa shape index (κ2) is 7.25. The Labute approximate surface area is 126 Å². The maximum atomic E-state index is 11.9. The van der Waals surface area contributed by atoms with Crippen molar-refractivity contribution in [2.75, 3.05) is 5.32 Å². The third kappa shape index (κ3) is 6.43. The van der Waals surface area contributed by atoms with Gasteiger partial charge in [0.2, 0.25) is 5.91 Å². The number of anilines is 1. The second-order valence-electron chi connectivity index (χ2n) is 6.38. The van der Waals surface area contributed by atoms with E-state index >= 15 is 0 Å². The molecule has 0 bridgehead atoms. The van der Waals surface area contributed by atoms with Crippen LogP contribution in [-0.4, -0.2) is 17.5 Å². The van der Waals surface area contributed by atoms with Crippen LogP contribution in [0.1, 0.15) is 58.9 Å². The van der Waals surface area contributed by atoms with Crippen molar-refractivity contribution in [3.8, 4) is 0 Å². The first kappa shape index (κ1) is 17.2. The summed E-state index contributed by atoms with van der Waals surface area (Å²) in [6, 6.07) is 7.70.